The molecular formula is C11H15NO2. The van der Waals surface area contributed by atoms with Gasteiger partial charge in [-0.15, -0.1) is 0 Å². The molecule has 1 aliphatic heterocycles. The fourth-order valence-corrected chi connectivity index (χ4v) is 2.01. The number of fused-ring (bicyclic) bond motifs is 1. The van der Waals surface area contributed by atoms with Gasteiger partial charge in [-0.1, -0.05) is 12.1 Å². The molecule has 0 bridgehead atoms. The van der Waals surface area contributed by atoms with Gasteiger partial charge >= 0.3 is 0 Å². The third kappa shape index (κ3) is 1.49. The smallest absolute Gasteiger partial charge is 0.122 e. The second kappa shape index (κ2) is 3.98. The molecule has 3 heteroatoms. The van der Waals surface area contributed by atoms with Crippen molar-refractivity contribution in [1.82, 2.24) is 5.32 Å². The molecule has 1 aromatic carbocycles. The van der Waals surface area contributed by atoms with E-state index in [1.807, 2.05) is 18.2 Å². The SMILES string of the molecule is COc1cccc2c1CCNC2CO. The molecule has 0 saturated carbocycles. The Bertz CT molecular complexity index is 325. The first-order chi connectivity index (χ1) is 6.86. The zero-order chi connectivity index (χ0) is 9.97. The fraction of sp³-hybridized carbons (Fsp3) is 0.455. The lowest BCUT2D eigenvalue weighted by Gasteiger charge is -2.26. The summed E-state index contributed by atoms with van der Waals surface area (Å²) in [4.78, 5) is 0. The summed E-state index contributed by atoms with van der Waals surface area (Å²) in [6.45, 7) is 1.04. The maximum Gasteiger partial charge on any atom is 0.122 e. The van der Waals surface area contributed by atoms with Crippen LogP contribution < -0.4 is 10.1 Å². The van der Waals surface area contributed by atoms with Crippen molar-refractivity contribution < 1.29 is 9.84 Å². The third-order valence-corrected chi connectivity index (χ3v) is 2.71. The number of ether oxygens (including phenoxy) is 1. The molecule has 2 N–H and O–H groups in total. The first-order valence-corrected chi connectivity index (χ1v) is 4.87. The Morgan fingerprint density at radius 1 is 1.57 bits per heavy atom. The Hall–Kier alpha value is -1.06. The van der Waals surface area contributed by atoms with Gasteiger partial charge in [0, 0.05) is 5.56 Å². The summed E-state index contributed by atoms with van der Waals surface area (Å²) in [7, 11) is 1.69. The van der Waals surface area contributed by atoms with Crippen molar-refractivity contribution in [2.45, 2.75) is 12.5 Å². The van der Waals surface area contributed by atoms with Gasteiger partial charge in [-0.2, -0.15) is 0 Å². The summed E-state index contributed by atoms with van der Waals surface area (Å²) in [6.07, 6.45) is 0.968. The van der Waals surface area contributed by atoms with Crippen LogP contribution in [0, 0.1) is 0 Å². The third-order valence-electron chi connectivity index (χ3n) is 2.71. The topological polar surface area (TPSA) is 41.5 Å². The van der Waals surface area contributed by atoms with E-state index in [0.29, 0.717) is 0 Å². The van der Waals surface area contributed by atoms with Crippen LogP contribution in [0.4, 0.5) is 0 Å². The van der Waals surface area contributed by atoms with Gasteiger partial charge in [0.1, 0.15) is 5.75 Å². The first kappa shape index (κ1) is 9.49. The van der Waals surface area contributed by atoms with E-state index in [1.54, 1.807) is 7.11 Å². The van der Waals surface area contributed by atoms with Crippen LogP contribution in [0.2, 0.25) is 0 Å². The van der Waals surface area contributed by atoms with Crippen molar-refractivity contribution >= 4 is 0 Å². The molecule has 1 aliphatic rings. The summed E-state index contributed by atoms with van der Waals surface area (Å²) >= 11 is 0. The molecule has 0 fully saturated rings. The molecule has 0 aliphatic carbocycles. The van der Waals surface area contributed by atoms with Gasteiger partial charge in [0.2, 0.25) is 0 Å². The quantitative estimate of drug-likeness (QED) is 0.732. The summed E-state index contributed by atoms with van der Waals surface area (Å²) in [6, 6.07) is 6.05. The number of aliphatic hydroxyl groups excluding tert-OH is 1. The van der Waals surface area contributed by atoms with Crippen LogP contribution >= 0.6 is 0 Å². The molecule has 0 radical (unpaired) electrons. The van der Waals surface area contributed by atoms with E-state index in [-0.39, 0.29) is 12.6 Å². The van der Waals surface area contributed by atoms with E-state index in [0.717, 1.165) is 24.3 Å². The lowest BCUT2D eigenvalue weighted by Crippen LogP contribution is -2.32. The average molecular weight is 193 g/mol. The largest absolute Gasteiger partial charge is 0.496 e. The van der Waals surface area contributed by atoms with Crippen molar-refractivity contribution in [1.29, 1.82) is 0 Å². The van der Waals surface area contributed by atoms with Gasteiger partial charge in [-0.05, 0) is 24.6 Å². The predicted molar refractivity (Wildman–Crippen MR) is 54.5 cm³/mol. The zero-order valence-electron chi connectivity index (χ0n) is 8.29. The predicted octanol–water partition coefficient (Wildman–Crippen LogP) is 0.874. The maximum atomic E-state index is 9.20. The molecule has 76 valence electrons. The molecular weight excluding hydrogens is 178 g/mol. The average Bonchev–Trinajstić information content (AvgIpc) is 2.27. The number of hydrogen-bond acceptors (Lipinski definition) is 3. The summed E-state index contributed by atoms with van der Waals surface area (Å²) in [5, 5.41) is 12.5. The van der Waals surface area contributed by atoms with E-state index < -0.39 is 0 Å². The highest BCUT2D eigenvalue weighted by Gasteiger charge is 2.20. The minimum Gasteiger partial charge on any atom is -0.496 e. The molecule has 1 unspecified atom stereocenters. The Morgan fingerprint density at radius 3 is 3.14 bits per heavy atom. The van der Waals surface area contributed by atoms with Crippen molar-refractivity contribution in [2.75, 3.05) is 20.3 Å². The number of aliphatic hydroxyl groups is 1. The summed E-state index contributed by atoms with van der Waals surface area (Å²) in [5.41, 5.74) is 2.39. The van der Waals surface area contributed by atoms with Gasteiger partial charge in [-0.3, -0.25) is 0 Å². The Balaban J connectivity index is 2.43. The highest BCUT2D eigenvalue weighted by atomic mass is 16.5. The van der Waals surface area contributed by atoms with Crippen molar-refractivity contribution in [3.05, 3.63) is 29.3 Å². The molecule has 1 atom stereocenters. The number of hydrogen-bond donors (Lipinski definition) is 2. The lowest BCUT2D eigenvalue weighted by molar-refractivity contribution is 0.239. The van der Waals surface area contributed by atoms with Gasteiger partial charge in [0.25, 0.3) is 0 Å². The second-order valence-corrected chi connectivity index (χ2v) is 3.47. The van der Waals surface area contributed by atoms with Gasteiger partial charge < -0.3 is 15.2 Å². The van der Waals surface area contributed by atoms with Crippen LogP contribution in [-0.4, -0.2) is 25.4 Å². The minimum absolute atomic E-state index is 0.0637. The van der Waals surface area contributed by atoms with E-state index >= 15 is 0 Å². The molecule has 1 heterocycles. The van der Waals surface area contributed by atoms with E-state index in [9.17, 15) is 5.11 Å². The van der Waals surface area contributed by atoms with Crippen LogP contribution in [-0.2, 0) is 6.42 Å². The van der Waals surface area contributed by atoms with E-state index in [2.05, 4.69) is 5.32 Å². The molecule has 0 amide bonds. The monoisotopic (exact) mass is 193 g/mol. The van der Waals surface area contributed by atoms with E-state index in [1.165, 1.54) is 5.56 Å². The molecule has 0 aromatic heterocycles. The maximum absolute atomic E-state index is 9.20. The Labute approximate surface area is 83.7 Å². The fourth-order valence-electron chi connectivity index (χ4n) is 2.01. The molecule has 3 nitrogen and oxygen atoms in total. The highest BCUT2D eigenvalue weighted by Crippen LogP contribution is 2.29. The van der Waals surface area contributed by atoms with Crippen LogP contribution in [0.15, 0.2) is 18.2 Å². The van der Waals surface area contributed by atoms with Crippen LogP contribution in [0.25, 0.3) is 0 Å². The van der Waals surface area contributed by atoms with Gasteiger partial charge in [0.15, 0.2) is 0 Å². The van der Waals surface area contributed by atoms with Crippen LogP contribution in [0.5, 0.6) is 5.75 Å². The molecule has 0 saturated heterocycles. The highest BCUT2D eigenvalue weighted by molar-refractivity contribution is 5.43. The van der Waals surface area contributed by atoms with Gasteiger partial charge in [-0.25, -0.2) is 0 Å². The van der Waals surface area contributed by atoms with E-state index in [4.69, 9.17) is 4.74 Å². The number of rotatable bonds is 2. The molecule has 1 aromatic rings. The Kier molecular flexibility index (Phi) is 2.70. The molecule has 0 spiro atoms. The van der Waals surface area contributed by atoms with Crippen LogP contribution in [0.3, 0.4) is 0 Å². The lowest BCUT2D eigenvalue weighted by atomic mass is 9.94. The van der Waals surface area contributed by atoms with Crippen LogP contribution in [0.1, 0.15) is 17.2 Å². The van der Waals surface area contributed by atoms with Crippen molar-refractivity contribution in [2.24, 2.45) is 0 Å². The van der Waals surface area contributed by atoms with Gasteiger partial charge in [0.05, 0.1) is 19.8 Å². The second-order valence-electron chi connectivity index (χ2n) is 3.47. The number of nitrogens with one attached hydrogen (secondary N) is 1. The number of methoxy groups -OCH3 is 1. The van der Waals surface area contributed by atoms with Crippen molar-refractivity contribution in [3.63, 3.8) is 0 Å². The standard InChI is InChI=1S/C11H15NO2/c1-14-11-4-2-3-8-9(11)5-6-12-10(8)7-13/h2-4,10,12-13H,5-7H2,1H3. The first-order valence-electron chi connectivity index (χ1n) is 4.87. The summed E-state index contributed by atoms with van der Waals surface area (Å²) < 4.78 is 5.30. The minimum atomic E-state index is 0.0637. The molecule has 14 heavy (non-hydrogen) atoms. The normalized spacial score (nSPS) is 20.3. The number of benzene rings is 1. The summed E-state index contributed by atoms with van der Waals surface area (Å²) in [5.74, 6) is 0.933. The molecule has 2 rings (SSSR count). The van der Waals surface area contributed by atoms with Crippen molar-refractivity contribution in [3.8, 4) is 5.75 Å². The Morgan fingerprint density at radius 2 is 2.43 bits per heavy atom. The zero-order valence-corrected chi connectivity index (χ0v) is 8.29.